The zero-order valence-corrected chi connectivity index (χ0v) is 31.1. The van der Waals surface area contributed by atoms with Gasteiger partial charge >= 0.3 is 0 Å². The summed E-state index contributed by atoms with van der Waals surface area (Å²) in [6.07, 6.45) is 23.3. The Labute approximate surface area is 292 Å². The lowest BCUT2D eigenvalue weighted by atomic mass is 9.44. The van der Waals surface area contributed by atoms with Crippen molar-refractivity contribution in [3.8, 4) is 0 Å². The first-order valence-electron chi connectivity index (χ1n) is 20.2. The van der Waals surface area contributed by atoms with Crippen LogP contribution in [0, 0.1) is 64.6 Å². The van der Waals surface area contributed by atoms with Crippen molar-refractivity contribution in [1.29, 1.82) is 0 Å². The zero-order valence-electron chi connectivity index (χ0n) is 31.1. The van der Waals surface area contributed by atoms with Gasteiger partial charge in [-0.1, -0.05) is 66.7 Å². The number of fused-ring (bicyclic) bond motifs is 5. The first-order valence-corrected chi connectivity index (χ1v) is 20.2. The summed E-state index contributed by atoms with van der Waals surface area (Å²) < 4.78 is 0. The summed E-state index contributed by atoms with van der Waals surface area (Å²) in [7, 11) is 0. The minimum Gasteiger partial charge on any atom is -0.393 e. The van der Waals surface area contributed by atoms with Gasteiger partial charge in [-0.15, -0.1) is 0 Å². The van der Waals surface area contributed by atoms with Crippen molar-refractivity contribution in [1.82, 2.24) is 10.6 Å². The number of amides is 3. The zero-order chi connectivity index (χ0) is 34.6. The molecule has 7 nitrogen and oxygen atoms in total. The molecule has 5 rings (SSSR count). The van der Waals surface area contributed by atoms with Crippen LogP contribution in [0.5, 0.6) is 0 Å². The number of primary amides is 1. The van der Waals surface area contributed by atoms with Gasteiger partial charge in [-0.2, -0.15) is 0 Å². The number of hydrogen-bond acceptors (Lipinski definition) is 4. The van der Waals surface area contributed by atoms with E-state index in [1.807, 2.05) is 13.8 Å². The quantitative estimate of drug-likeness (QED) is 0.113. The van der Waals surface area contributed by atoms with E-state index in [2.05, 4.69) is 37.8 Å². The molecular weight excluding hydrogens is 598 g/mol. The summed E-state index contributed by atoms with van der Waals surface area (Å²) in [4.78, 5) is 38.3. The van der Waals surface area contributed by atoms with Crippen molar-refractivity contribution in [2.24, 2.45) is 63.9 Å². The maximum Gasteiger partial charge on any atom is 0.265 e. The number of aliphatic hydroxyl groups is 1. The molecular formula is C41H70N3O4+. The number of unbranched alkanes of at least 4 members (excludes halogenated alkanes) is 2. The minimum atomic E-state index is -0.690. The molecule has 3 amide bonds. The first kappa shape index (κ1) is 37.5. The molecule has 5 N–H and O–H groups in total. The third-order valence-electron chi connectivity index (χ3n) is 15.0. The fourth-order valence-corrected chi connectivity index (χ4v) is 12.3. The monoisotopic (exact) mass is 669 g/mol. The molecule has 0 bridgehead atoms. The van der Waals surface area contributed by atoms with Gasteiger partial charge in [-0.05, 0) is 135 Å². The Kier molecular flexibility index (Phi) is 12.5. The molecule has 5 fully saturated rings. The van der Waals surface area contributed by atoms with E-state index < -0.39 is 18.0 Å². The predicted molar refractivity (Wildman–Crippen MR) is 192 cm³/mol. The molecule has 0 radical (unpaired) electrons. The molecule has 5 aliphatic carbocycles. The fourth-order valence-electron chi connectivity index (χ4n) is 12.3. The highest BCUT2D eigenvalue weighted by Gasteiger charge is 2.60. The highest BCUT2D eigenvalue weighted by Crippen LogP contribution is 2.68. The Morgan fingerprint density at radius 3 is 2.29 bits per heavy atom. The molecule has 5 saturated carbocycles. The summed E-state index contributed by atoms with van der Waals surface area (Å²) in [5.41, 5.74) is 6.57. The van der Waals surface area contributed by atoms with Crippen LogP contribution in [0.1, 0.15) is 157 Å². The van der Waals surface area contributed by atoms with Gasteiger partial charge in [-0.25, -0.2) is 0 Å². The smallest absolute Gasteiger partial charge is 0.265 e. The number of nitrogens with two attached hydrogens (primary N) is 1. The Morgan fingerprint density at radius 1 is 0.875 bits per heavy atom. The normalized spacial score (nSPS) is 37.0. The second kappa shape index (κ2) is 16.1. The van der Waals surface area contributed by atoms with Crippen LogP contribution in [0.2, 0.25) is 0 Å². The molecule has 7 heteroatoms. The first-order chi connectivity index (χ1) is 22.8. The van der Waals surface area contributed by atoms with Crippen LogP contribution in [0.25, 0.3) is 0 Å². The maximum absolute atomic E-state index is 13.2. The molecule has 0 aromatic carbocycles. The van der Waals surface area contributed by atoms with E-state index in [1.54, 1.807) is 0 Å². The summed E-state index contributed by atoms with van der Waals surface area (Å²) in [6.45, 7) is 11.6. The summed E-state index contributed by atoms with van der Waals surface area (Å²) in [5, 5.41) is 16.2. The lowest BCUT2D eigenvalue weighted by molar-refractivity contribution is -0.132. The third kappa shape index (κ3) is 8.23. The summed E-state index contributed by atoms with van der Waals surface area (Å²) >= 11 is 0. The number of carbonyl (C=O) groups is 3. The van der Waals surface area contributed by atoms with Crippen LogP contribution < -0.4 is 16.4 Å². The van der Waals surface area contributed by atoms with Crippen LogP contribution in [0.15, 0.2) is 0 Å². The maximum atomic E-state index is 13.2. The summed E-state index contributed by atoms with van der Waals surface area (Å²) in [5.74, 6) is 4.15. The van der Waals surface area contributed by atoms with Crippen molar-refractivity contribution >= 4 is 17.7 Å². The Morgan fingerprint density at radius 2 is 1.58 bits per heavy atom. The summed E-state index contributed by atoms with van der Waals surface area (Å²) in [6, 6.07) is -1.38. The SMILES string of the molecule is CC(C)C(NC(=O)C[CH+]CCCC(C)C1CCC2C3CCC4CC(O)CCC4(C)C3CCC12C)C(=O)NC(CC1CCCCC1)C(N)=O. The van der Waals surface area contributed by atoms with E-state index >= 15 is 0 Å². The number of carbonyl (C=O) groups excluding carboxylic acids is 3. The van der Waals surface area contributed by atoms with Crippen molar-refractivity contribution in [3.63, 3.8) is 0 Å². The highest BCUT2D eigenvalue weighted by atomic mass is 16.3. The average Bonchev–Trinajstić information content (AvgIpc) is 3.41. The predicted octanol–water partition coefficient (Wildman–Crippen LogP) is 7.49. The van der Waals surface area contributed by atoms with Gasteiger partial charge in [0.2, 0.25) is 11.8 Å². The topological polar surface area (TPSA) is 122 Å². The molecule has 0 aromatic heterocycles. The van der Waals surface area contributed by atoms with Gasteiger partial charge in [0.25, 0.3) is 5.91 Å². The average molecular weight is 669 g/mol. The number of nitrogens with one attached hydrogen (secondary N) is 2. The van der Waals surface area contributed by atoms with Crippen LogP contribution >= 0.6 is 0 Å². The van der Waals surface area contributed by atoms with Crippen LogP contribution in [-0.2, 0) is 14.4 Å². The largest absolute Gasteiger partial charge is 0.393 e. The van der Waals surface area contributed by atoms with E-state index in [4.69, 9.17) is 5.73 Å². The van der Waals surface area contributed by atoms with Crippen LogP contribution in [-0.4, -0.2) is 41.0 Å². The van der Waals surface area contributed by atoms with Crippen molar-refractivity contribution < 1.29 is 19.5 Å². The van der Waals surface area contributed by atoms with E-state index in [1.165, 1.54) is 70.6 Å². The van der Waals surface area contributed by atoms with Gasteiger partial charge in [-0.3, -0.25) is 14.4 Å². The number of aliphatic hydroxyl groups excluding tert-OH is 1. The van der Waals surface area contributed by atoms with Crippen molar-refractivity contribution in [3.05, 3.63) is 6.42 Å². The minimum absolute atomic E-state index is 0.0710. The van der Waals surface area contributed by atoms with Gasteiger partial charge < -0.3 is 21.5 Å². The van der Waals surface area contributed by atoms with E-state index in [9.17, 15) is 19.5 Å². The van der Waals surface area contributed by atoms with Crippen molar-refractivity contribution in [2.45, 2.75) is 175 Å². The highest BCUT2D eigenvalue weighted by molar-refractivity contribution is 5.91. The second-order valence-corrected chi connectivity index (χ2v) is 18.2. The standard InChI is InChI=1S/C41H69N3O4/c1-26(2)37(39(48)43-35(38(42)47)24-28-13-9-7-10-14-28)44-36(46)15-11-6-8-12-27(3)32-18-19-33-31-17-16-29-25-30(45)20-22-40(29,4)34(31)21-23-41(32,33)5/h11,26-35,37,45H,6-10,12-25H2,1-5H3,(H3-,42,43,44,46,47,48)/p+1. The van der Waals surface area contributed by atoms with Gasteiger partial charge in [0.05, 0.1) is 18.9 Å². The number of hydrogen-bond donors (Lipinski definition) is 4. The van der Waals surface area contributed by atoms with E-state index in [0.29, 0.717) is 35.5 Å². The van der Waals surface area contributed by atoms with E-state index in [-0.39, 0.29) is 23.8 Å². The molecule has 0 spiro atoms. The molecule has 272 valence electrons. The van der Waals surface area contributed by atoms with E-state index in [0.717, 1.165) is 68.1 Å². The van der Waals surface area contributed by atoms with Gasteiger partial charge in [0.1, 0.15) is 12.1 Å². The molecule has 0 heterocycles. The molecule has 0 saturated heterocycles. The Balaban J connectivity index is 1.04. The second-order valence-electron chi connectivity index (χ2n) is 18.2. The molecule has 5 aliphatic rings. The third-order valence-corrected chi connectivity index (χ3v) is 15.0. The lowest BCUT2D eigenvalue weighted by Crippen LogP contribution is -2.55. The molecule has 0 aliphatic heterocycles. The Bertz CT molecular complexity index is 1110. The molecule has 11 unspecified atom stereocenters. The van der Waals surface area contributed by atoms with Crippen LogP contribution in [0.4, 0.5) is 0 Å². The van der Waals surface area contributed by atoms with Crippen LogP contribution in [0.3, 0.4) is 0 Å². The lowest BCUT2D eigenvalue weighted by Gasteiger charge is -2.61. The van der Waals surface area contributed by atoms with Crippen molar-refractivity contribution in [2.75, 3.05) is 0 Å². The molecule has 48 heavy (non-hydrogen) atoms. The molecule has 11 atom stereocenters. The molecule has 0 aromatic rings. The van der Waals surface area contributed by atoms with Gasteiger partial charge in [0.15, 0.2) is 6.42 Å². The van der Waals surface area contributed by atoms with Gasteiger partial charge in [0, 0.05) is 0 Å². The Hall–Kier alpha value is -1.76. The number of rotatable bonds is 14. The fraction of sp³-hybridized carbons (Fsp3) is 0.902.